The van der Waals surface area contributed by atoms with E-state index in [4.69, 9.17) is 9.47 Å². The van der Waals surface area contributed by atoms with Crippen LogP contribution in [0.5, 0.6) is 23.0 Å². The topological polar surface area (TPSA) is 62.2 Å². The number of rotatable bonds is 6. The smallest absolute Gasteiger partial charge is 0.182 e. The minimum atomic E-state index is -0.680. The van der Waals surface area contributed by atoms with Crippen LogP contribution in [0.4, 0.5) is 4.39 Å². The van der Waals surface area contributed by atoms with Crippen molar-refractivity contribution in [2.45, 2.75) is 29.6 Å². The third kappa shape index (κ3) is 5.63. The molecule has 0 radical (unpaired) electrons. The van der Waals surface area contributed by atoms with Crippen LogP contribution in [0.2, 0.25) is 0 Å². The van der Waals surface area contributed by atoms with Gasteiger partial charge in [-0.05, 0) is 66.4 Å². The Hall–Kier alpha value is -2.61. The molecular formula is C27H29ClFNO4S. The van der Waals surface area contributed by atoms with E-state index in [2.05, 4.69) is 11.8 Å². The Morgan fingerprint density at radius 2 is 1.74 bits per heavy atom. The molecule has 3 aromatic rings. The zero-order chi connectivity index (χ0) is 23.7. The van der Waals surface area contributed by atoms with Crippen molar-refractivity contribution in [3.63, 3.8) is 0 Å². The fourth-order valence-electron chi connectivity index (χ4n) is 4.54. The molecule has 0 spiro atoms. The van der Waals surface area contributed by atoms with Crippen molar-refractivity contribution in [1.82, 2.24) is 4.90 Å². The number of ether oxygens (including phenoxy) is 2. The second kappa shape index (κ2) is 11.0. The maximum atomic E-state index is 14.7. The quantitative estimate of drug-likeness (QED) is 0.397. The summed E-state index contributed by atoms with van der Waals surface area (Å²) in [5, 5.41) is 19.3. The molecule has 0 aromatic heterocycles. The molecule has 0 amide bonds. The Kier molecular flexibility index (Phi) is 7.99. The average molecular weight is 518 g/mol. The van der Waals surface area contributed by atoms with Crippen molar-refractivity contribution >= 4 is 24.2 Å². The van der Waals surface area contributed by atoms with Crippen molar-refractivity contribution in [3.8, 4) is 23.0 Å². The molecule has 3 aromatic carbocycles. The summed E-state index contributed by atoms with van der Waals surface area (Å²) in [4.78, 5) is 2.72. The van der Waals surface area contributed by atoms with E-state index in [9.17, 15) is 14.6 Å². The summed E-state index contributed by atoms with van der Waals surface area (Å²) >= 11 is 1.31. The van der Waals surface area contributed by atoms with Crippen LogP contribution in [0.15, 0.2) is 65.6 Å². The summed E-state index contributed by atoms with van der Waals surface area (Å²) in [5.74, 6) is 1.05. The van der Waals surface area contributed by atoms with Crippen LogP contribution in [-0.2, 0) is 0 Å². The number of phenols is 2. The van der Waals surface area contributed by atoms with E-state index in [0.29, 0.717) is 12.4 Å². The van der Waals surface area contributed by atoms with E-state index >= 15 is 0 Å². The molecule has 186 valence electrons. The van der Waals surface area contributed by atoms with E-state index in [1.807, 2.05) is 36.4 Å². The van der Waals surface area contributed by atoms with Crippen molar-refractivity contribution in [3.05, 3.63) is 77.6 Å². The largest absolute Gasteiger partial charge is 0.508 e. The van der Waals surface area contributed by atoms with E-state index in [0.717, 1.165) is 42.4 Å². The standard InChI is InChI=1S/C27H28FNO4S.ClH/c1-17-12-13-29(16-17)14-15-32-21-8-4-18(5-9-21)25-26(19-2-6-20(30)7-3-19)34-27-23(33-25)11-10-22(31)24(27)28;/h2-11,17,25-26,30-31H,12-16H2,1H3;1H/t17-,25-,26+;/m0./s1. The van der Waals surface area contributed by atoms with Gasteiger partial charge in [0.25, 0.3) is 0 Å². The molecule has 5 rings (SSSR count). The molecule has 2 aliphatic heterocycles. The molecule has 0 aliphatic carbocycles. The van der Waals surface area contributed by atoms with Crippen molar-refractivity contribution in [1.29, 1.82) is 0 Å². The minimum absolute atomic E-state index is 0. The first kappa shape index (κ1) is 25.5. The lowest BCUT2D eigenvalue weighted by Gasteiger charge is -2.34. The minimum Gasteiger partial charge on any atom is -0.508 e. The average Bonchev–Trinajstić information content (AvgIpc) is 3.27. The summed E-state index contributed by atoms with van der Waals surface area (Å²) in [6.07, 6.45) is 0.870. The highest BCUT2D eigenvalue weighted by Crippen LogP contribution is 2.55. The summed E-state index contributed by atoms with van der Waals surface area (Å²) in [7, 11) is 0. The highest BCUT2D eigenvalue weighted by atomic mass is 35.5. The van der Waals surface area contributed by atoms with Crippen LogP contribution in [0.25, 0.3) is 0 Å². The van der Waals surface area contributed by atoms with Gasteiger partial charge in [-0.2, -0.15) is 0 Å². The lowest BCUT2D eigenvalue weighted by atomic mass is 10.00. The van der Waals surface area contributed by atoms with E-state index in [1.165, 1.54) is 24.2 Å². The molecule has 5 nitrogen and oxygen atoms in total. The Labute approximate surface area is 215 Å². The molecular weight excluding hydrogens is 489 g/mol. The van der Waals surface area contributed by atoms with E-state index in [-0.39, 0.29) is 34.4 Å². The molecule has 1 fully saturated rings. The van der Waals surface area contributed by atoms with Gasteiger partial charge in [-0.1, -0.05) is 31.2 Å². The van der Waals surface area contributed by atoms with Gasteiger partial charge in [0.2, 0.25) is 0 Å². The summed E-state index contributed by atoms with van der Waals surface area (Å²) in [6, 6.07) is 17.6. The molecule has 2 heterocycles. The van der Waals surface area contributed by atoms with Crippen molar-refractivity contribution in [2.24, 2.45) is 5.92 Å². The van der Waals surface area contributed by atoms with E-state index < -0.39 is 11.6 Å². The predicted molar refractivity (Wildman–Crippen MR) is 138 cm³/mol. The molecule has 1 saturated heterocycles. The number of hydrogen-bond acceptors (Lipinski definition) is 6. The molecule has 8 heteroatoms. The van der Waals surface area contributed by atoms with Crippen molar-refractivity contribution in [2.75, 3.05) is 26.2 Å². The number of halogens is 2. The lowest BCUT2D eigenvalue weighted by Crippen LogP contribution is -2.25. The Balaban J connectivity index is 0.00000289. The van der Waals surface area contributed by atoms with Crippen molar-refractivity contribution < 1.29 is 24.1 Å². The van der Waals surface area contributed by atoms with Gasteiger partial charge >= 0.3 is 0 Å². The van der Waals surface area contributed by atoms with Crippen LogP contribution in [0.1, 0.15) is 35.8 Å². The fourth-order valence-corrected chi connectivity index (χ4v) is 5.87. The Bertz CT molecular complexity index is 1150. The number of likely N-dealkylation sites (tertiary alicyclic amines) is 1. The second-order valence-corrected chi connectivity index (χ2v) is 10.2. The Morgan fingerprint density at radius 3 is 2.43 bits per heavy atom. The molecule has 0 unspecified atom stereocenters. The fraction of sp³-hybridized carbons (Fsp3) is 0.333. The zero-order valence-corrected chi connectivity index (χ0v) is 21.0. The van der Waals surface area contributed by atoms with Gasteiger partial charge in [-0.3, -0.25) is 4.90 Å². The lowest BCUT2D eigenvalue weighted by molar-refractivity contribution is 0.187. The number of hydrogen-bond donors (Lipinski definition) is 2. The highest BCUT2D eigenvalue weighted by Gasteiger charge is 2.35. The molecule has 3 atom stereocenters. The number of benzene rings is 3. The highest BCUT2D eigenvalue weighted by molar-refractivity contribution is 7.99. The maximum absolute atomic E-state index is 14.7. The third-order valence-corrected chi connectivity index (χ3v) is 7.82. The van der Waals surface area contributed by atoms with Gasteiger partial charge in [0.05, 0.1) is 10.1 Å². The second-order valence-electron chi connectivity index (χ2n) is 9.01. The van der Waals surface area contributed by atoms with Gasteiger partial charge < -0.3 is 19.7 Å². The summed E-state index contributed by atoms with van der Waals surface area (Å²) in [5.41, 5.74) is 1.83. The van der Waals surface area contributed by atoms with Gasteiger partial charge in [-0.15, -0.1) is 24.2 Å². The van der Waals surface area contributed by atoms with Gasteiger partial charge in [0, 0.05) is 13.1 Å². The van der Waals surface area contributed by atoms with Crippen LogP contribution >= 0.6 is 24.2 Å². The number of aromatic hydroxyl groups is 2. The maximum Gasteiger partial charge on any atom is 0.182 e. The number of phenolic OH excluding ortho intramolecular Hbond substituents is 2. The first-order valence-corrected chi connectivity index (χ1v) is 12.4. The molecule has 0 saturated carbocycles. The number of thioether (sulfide) groups is 1. The molecule has 0 bridgehead atoms. The monoisotopic (exact) mass is 517 g/mol. The Morgan fingerprint density at radius 1 is 1.03 bits per heavy atom. The summed E-state index contributed by atoms with van der Waals surface area (Å²) < 4.78 is 26.9. The normalized spacial score (nSPS) is 21.6. The van der Waals surface area contributed by atoms with Crippen LogP contribution in [0.3, 0.4) is 0 Å². The molecule has 2 N–H and O–H groups in total. The zero-order valence-electron chi connectivity index (χ0n) is 19.4. The van der Waals surface area contributed by atoms with Crippen LogP contribution < -0.4 is 9.47 Å². The van der Waals surface area contributed by atoms with E-state index in [1.54, 1.807) is 18.2 Å². The number of nitrogens with zero attached hydrogens (tertiary/aromatic N) is 1. The molecule has 35 heavy (non-hydrogen) atoms. The number of fused-ring (bicyclic) bond motifs is 1. The first-order chi connectivity index (χ1) is 16.5. The third-order valence-electron chi connectivity index (χ3n) is 6.43. The van der Waals surface area contributed by atoms with Gasteiger partial charge in [0.1, 0.15) is 30.0 Å². The van der Waals surface area contributed by atoms with Gasteiger partial charge in [-0.25, -0.2) is 4.39 Å². The summed E-state index contributed by atoms with van der Waals surface area (Å²) in [6.45, 7) is 6.13. The molecule has 2 aliphatic rings. The first-order valence-electron chi connectivity index (χ1n) is 11.6. The predicted octanol–water partition coefficient (Wildman–Crippen LogP) is 6.35. The SMILES string of the molecule is C[C@H]1CCN(CCOc2ccc([C@@H]3Oc4ccc(O)c(F)c4S[C@@H]3c3ccc(O)cc3)cc2)C1.Cl. The van der Waals surface area contributed by atoms with Gasteiger partial charge in [0.15, 0.2) is 11.6 Å². The van der Waals surface area contributed by atoms with Crippen LogP contribution in [-0.4, -0.2) is 41.4 Å². The van der Waals surface area contributed by atoms with Crippen LogP contribution in [0, 0.1) is 11.7 Å².